The van der Waals surface area contributed by atoms with Gasteiger partial charge in [-0.3, -0.25) is 0 Å². The summed E-state index contributed by atoms with van der Waals surface area (Å²) in [5, 5.41) is 3.25. The van der Waals surface area contributed by atoms with Crippen LogP contribution in [-0.4, -0.2) is 32.9 Å². The highest BCUT2D eigenvalue weighted by Gasteiger charge is 2.28. The second-order valence-electron chi connectivity index (χ2n) is 5.58. The van der Waals surface area contributed by atoms with Crippen molar-refractivity contribution >= 4 is 10.0 Å². The van der Waals surface area contributed by atoms with E-state index in [1.54, 1.807) is 7.05 Å². The van der Waals surface area contributed by atoms with Crippen molar-refractivity contribution in [3.8, 4) is 0 Å². The molecule has 1 aliphatic rings. The normalized spacial score (nSPS) is 15.8. The van der Waals surface area contributed by atoms with Crippen molar-refractivity contribution in [2.75, 3.05) is 20.1 Å². The van der Waals surface area contributed by atoms with Crippen LogP contribution < -0.4 is 5.32 Å². The maximum absolute atomic E-state index is 12.2. The maximum atomic E-state index is 12.2. The van der Waals surface area contributed by atoms with Gasteiger partial charge in [0.05, 0.1) is 5.75 Å². The summed E-state index contributed by atoms with van der Waals surface area (Å²) in [5.41, 5.74) is 2.03. The van der Waals surface area contributed by atoms with Crippen molar-refractivity contribution in [1.82, 2.24) is 9.62 Å². The van der Waals surface area contributed by atoms with Crippen LogP contribution in [-0.2, 0) is 22.3 Å². The average molecular weight is 296 g/mol. The quantitative estimate of drug-likeness (QED) is 0.798. The highest BCUT2D eigenvalue weighted by atomic mass is 32.2. The van der Waals surface area contributed by atoms with Crippen molar-refractivity contribution in [2.45, 2.75) is 32.1 Å². The lowest BCUT2D eigenvalue weighted by Gasteiger charge is -2.16. The smallest absolute Gasteiger partial charge is 0.218 e. The van der Waals surface area contributed by atoms with E-state index in [0.29, 0.717) is 12.5 Å². The summed E-state index contributed by atoms with van der Waals surface area (Å²) in [6.07, 6.45) is 2.33. The Kier molecular flexibility index (Phi) is 5.18. The molecule has 1 aliphatic carbocycles. The zero-order valence-electron chi connectivity index (χ0n) is 12.3. The van der Waals surface area contributed by atoms with Crippen LogP contribution in [0.1, 0.15) is 30.9 Å². The van der Waals surface area contributed by atoms with E-state index < -0.39 is 10.0 Å². The van der Waals surface area contributed by atoms with Crippen LogP contribution in [0.3, 0.4) is 0 Å². The van der Waals surface area contributed by atoms with E-state index in [2.05, 4.69) is 12.2 Å². The lowest BCUT2D eigenvalue weighted by atomic mass is 10.1. The molecule has 1 aromatic carbocycles. The third-order valence-electron chi connectivity index (χ3n) is 3.64. The van der Waals surface area contributed by atoms with E-state index in [-0.39, 0.29) is 5.75 Å². The van der Waals surface area contributed by atoms with Gasteiger partial charge < -0.3 is 5.32 Å². The first kappa shape index (κ1) is 15.5. The van der Waals surface area contributed by atoms with Crippen LogP contribution in [0.25, 0.3) is 0 Å². The molecule has 0 aromatic heterocycles. The molecule has 112 valence electrons. The van der Waals surface area contributed by atoms with E-state index in [1.165, 1.54) is 22.7 Å². The van der Waals surface area contributed by atoms with Crippen LogP contribution in [0.2, 0.25) is 0 Å². The first-order valence-corrected chi connectivity index (χ1v) is 8.84. The van der Waals surface area contributed by atoms with Crippen LogP contribution in [0.4, 0.5) is 0 Å². The topological polar surface area (TPSA) is 49.4 Å². The van der Waals surface area contributed by atoms with E-state index >= 15 is 0 Å². The summed E-state index contributed by atoms with van der Waals surface area (Å²) in [6.45, 7) is 4.49. The molecule has 5 heteroatoms. The number of rotatable bonds is 8. The number of nitrogens with one attached hydrogen (secondary N) is 1. The van der Waals surface area contributed by atoms with Gasteiger partial charge in [-0.1, -0.05) is 31.2 Å². The fourth-order valence-electron chi connectivity index (χ4n) is 2.12. The third kappa shape index (κ3) is 4.58. The van der Waals surface area contributed by atoms with Crippen molar-refractivity contribution < 1.29 is 8.42 Å². The molecule has 0 radical (unpaired) electrons. The molecule has 0 spiro atoms. The van der Waals surface area contributed by atoms with Crippen LogP contribution in [0.15, 0.2) is 24.3 Å². The van der Waals surface area contributed by atoms with Gasteiger partial charge in [0.2, 0.25) is 10.0 Å². The Hall–Kier alpha value is -0.910. The molecule has 0 atom stereocenters. The number of hydrogen-bond donors (Lipinski definition) is 1. The monoisotopic (exact) mass is 296 g/mol. The molecule has 0 bridgehead atoms. The Balaban J connectivity index is 1.93. The number of hydrogen-bond acceptors (Lipinski definition) is 3. The fourth-order valence-corrected chi connectivity index (χ4v) is 3.39. The molecule has 2 rings (SSSR count). The second-order valence-corrected chi connectivity index (χ2v) is 7.65. The molecule has 0 amide bonds. The first-order chi connectivity index (χ1) is 9.51. The average Bonchev–Trinajstić information content (AvgIpc) is 3.21. The Morgan fingerprint density at radius 2 is 1.80 bits per heavy atom. The molecule has 1 fully saturated rings. The third-order valence-corrected chi connectivity index (χ3v) is 5.44. The molecule has 0 aliphatic heterocycles. The zero-order chi connectivity index (χ0) is 14.6. The fraction of sp³-hybridized carbons (Fsp3) is 0.600. The van der Waals surface area contributed by atoms with Gasteiger partial charge in [0.25, 0.3) is 0 Å². The SMILES string of the molecule is CCNCc1ccc(CS(=O)(=O)N(C)CC2CC2)cc1. The van der Waals surface area contributed by atoms with Gasteiger partial charge in [-0.25, -0.2) is 12.7 Å². The number of sulfonamides is 1. The van der Waals surface area contributed by atoms with Gasteiger partial charge >= 0.3 is 0 Å². The van der Waals surface area contributed by atoms with E-state index in [0.717, 1.165) is 18.7 Å². The van der Waals surface area contributed by atoms with Gasteiger partial charge in [0, 0.05) is 20.1 Å². The Morgan fingerprint density at radius 1 is 1.20 bits per heavy atom. The molecular weight excluding hydrogens is 272 g/mol. The minimum Gasteiger partial charge on any atom is -0.313 e. The van der Waals surface area contributed by atoms with Crippen molar-refractivity contribution in [1.29, 1.82) is 0 Å². The molecule has 1 N–H and O–H groups in total. The summed E-state index contributed by atoms with van der Waals surface area (Å²) in [4.78, 5) is 0. The summed E-state index contributed by atoms with van der Waals surface area (Å²) >= 11 is 0. The molecular formula is C15H24N2O2S. The van der Waals surface area contributed by atoms with Crippen LogP contribution in [0.5, 0.6) is 0 Å². The van der Waals surface area contributed by atoms with Gasteiger partial charge in [0.15, 0.2) is 0 Å². The van der Waals surface area contributed by atoms with Gasteiger partial charge in [-0.2, -0.15) is 0 Å². The predicted octanol–water partition coefficient (Wildman–Crippen LogP) is 1.97. The predicted molar refractivity (Wildman–Crippen MR) is 81.8 cm³/mol. The minimum atomic E-state index is -3.18. The maximum Gasteiger partial charge on any atom is 0.218 e. The Bertz CT molecular complexity index is 521. The lowest BCUT2D eigenvalue weighted by molar-refractivity contribution is 0.452. The highest BCUT2D eigenvalue weighted by molar-refractivity contribution is 7.88. The lowest BCUT2D eigenvalue weighted by Crippen LogP contribution is -2.30. The molecule has 0 saturated heterocycles. The van der Waals surface area contributed by atoms with E-state index in [1.807, 2.05) is 24.3 Å². The molecule has 1 aromatic rings. The summed E-state index contributed by atoms with van der Waals surface area (Å²) in [5.74, 6) is 0.676. The molecule has 4 nitrogen and oxygen atoms in total. The van der Waals surface area contributed by atoms with Crippen molar-refractivity contribution in [3.05, 3.63) is 35.4 Å². The van der Waals surface area contributed by atoms with Gasteiger partial charge in [0.1, 0.15) is 0 Å². The minimum absolute atomic E-state index is 0.0949. The molecule has 0 heterocycles. The van der Waals surface area contributed by atoms with Crippen LogP contribution >= 0.6 is 0 Å². The largest absolute Gasteiger partial charge is 0.313 e. The van der Waals surface area contributed by atoms with Gasteiger partial charge in [-0.15, -0.1) is 0 Å². The Morgan fingerprint density at radius 3 is 2.35 bits per heavy atom. The zero-order valence-corrected chi connectivity index (χ0v) is 13.1. The molecule has 0 unspecified atom stereocenters. The van der Waals surface area contributed by atoms with Crippen molar-refractivity contribution in [2.24, 2.45) is 5.92 Å². The summed E-state index contributed by atoms with van der Waals surface area (Å²) < 4.78 is 26.0. The van der Waals surface area contributed by atoms with E-state index in [4.69, 9.17) is 0 Å². The second kappa shape index (κ2) is 6.70. The number of nitrogens with zero attached hydrogens (tertiary/aromatic N) is 1. The standard InChI is InChI=1S/C15H24N2O2S/c1-3-16-10-13-4-8-15(9-5-13)12-20(18,19)17(2)11-14-6-7-14/h4-5,8-9,14,16H,3,6-7,10-12H2,1-2H3. The molecule has 1 saturated carbocycles. The summed E-state index contributed by atoms with van der Waals surface area (Å²) in [7, 11) is -1.49. The van der Waals surface area contributed by atoms with Gasteiger partial charge in [-0.05, 0) is 36.4 Å². The van der Waals surface area contributed by atoms with Crippen LogP contribution in [0, 0.1) is 5.92 Å². The Labute approximate surface area is 122 Å². The number of benzene rings is 1. The van der Waals surface area contributed by atoms with Crippen molar-refractivity contribution in [3.63, 3.8) is 0 Å². The highest BCUT2D eigenvalue weighted by Crippen LogP contribution is 2.30. The van der Waals surface area contributed by atoms with E-state index in [9.17, 15) is 8.42 Å². The first-order valence-electron chi connectivity index (χ1n) is 7.24. The summed E-state index contributed by atoms with van der Waals surface area (Å²) in [6, 6.07) is 7.81. The molecule has 20 heavy (non-hydrogen) atoms.